The van der Waals surface area contributed by atoms with Gasteiger partial charge in [0, 0.05) is 11.8 Å². The van der Waals surface area contributed by atoms with E-state index >= 15 is 0 Å². The minimum absolute atomic E-state index is 0.104. The van der Waals surface area contributed by atoms with Crippen molar-refractivity contribution in [3.8, 4) is 22.6 Å². The van der Waals surface area contributed by atoms with E-state index in [1.54, 1.807) is 12.1 Å². The minimum Gasteiger partial charge on any atom is -0.246 e. The molecule has 0 spiro atoms. The average molecular weight is 350 g/mol. The summed E-state index contributed by atoms with van der Waals surface area (Å²) in [6.45, 7) is 1.88. The standard InChI is InChI=1S/C17H11ClF3N3/c1-10-8-14(11-2-4-12(5-3-11)17(19,20)21)23-15(9-10)13-6-7-22-16(18)24-13/h2-9H,1H3. The van der Waals surface area contributed by atoms with Gasteiger partial charge in [-0.25, -0.2) is 15.0 Å². The molecule has 0 aliphatic heterocycles. The lowest BCUT2D eigenvalue weighted by Crippen LogP contribution is -2.04. The van der Waals surface area contributed by atoms with Crippen LogP contribution < -0.4 is 0 Å². The van der Waals surface area contributed by atoms with E-state index in [1.807, 2.05) is 13.0 Å². The van der Waals surface area contributed by atoms with E-state index in [1.165, 1.54) is 18.3 Å². The molecule has 0 bridgehead atoms. The van der Waals surface area contributed by atoms with E-state index < -0.39 is 11.7 Å². The number of pyridine rings is 1. The van der Waals surface area contributed by atoms with Gasteiger partial charge in [0.15, 0.2) is 0 Å². The van der Waals surface area contributed by atoms with E-state index in [9.17, 15) is 13.2 Å². The molecule has 0 radical (unpaired) electrons. The minimum atomic E-state index is -4.36. The van der Waals surface area contributed by atoms with Gasteiger partial charge in [0.2, 0.25) is 5.28 Å². The van der Waals surface area contributed by atoms with Gasteiger partial charge in [0.05, 0.1) is 22.6 Å². The van der Waals surface area contributed by atoms with Gasteiger partial charge in [-0.3, -0.25) is 0 Å². The normalized spacial score (nSPS) is 11.5. The first-order valence-electron chi connectivity index (χ1n) is 6.98. The molecular weight excluding hydrogens is 339 g/mol. The number of hydrogen-bond donors (Lipinski definition) is 0. The highest BCUT2D eigenvalue weighted by Crippen LogP contribution is 2.31. The molecule has 7 heteroatoms. The molecule has 0 aliphatic rings. The number of aryl methyl sites for hydroxylation is 1. The lowest BCUT2D eigenvalue weighted by molar-refractivity contribution is -0.137. The van der Waals surface area contributed by atoms with Crippen LogP contribution >= 0.6 is 11.6 Å². The largest absolute Gasteiger partial charge is 0.416 e. The summed E-state index contributed by atoms with van der Waals surface area (Å²) in [5.41, 5.74) is 2.49. The fraction of sp³-hybridized carbons (Fsp3) is 0.118. The van der Waals surface area contributed by atoms with Gasteiger partial charge in [-0.1, -0.05) is 12.1 Å². The van der Waals surface area contributed by atoms with Crippen molar-refractivity contribution in [3.63, 3.8) is 0 Å². The Morgan fingerprint density at radius 1 is 0.875 bits per heavy atom. The summed E-state index contributed by atoms with van der Waals surface area (Å²) >= 11 is 5.79. The van der Waals surface area contributed by atoms with Crippen LogP contribution in [-0.4, -0.2) is 15.0 Å². The van der Waals surface area contributed by atoms with Gasteiger partial charge < -0.3 is 0 Å². The van der Waals surface area contributed by atoms with Crippen LogP contribution in [0.2, 0.25) is 5.28 Å². The first kappa shape index (κ1) is 16.4. The second-order valence-electron chi connectivity index (χ2n) is 5.20. The van der Waals surface area contributed by atoms with Crippen LogP contribution in [0.5, 0.6) is 0 Å². The van der Waals surface area contributed by atoms with E-state index in [-0.39, 0.29) is 5.28 Å². The molecule has 0 fully saturated rings. The maximum atomic E-state index is 12.7. The van der Waals surface area contributed by atoms with E-state index in [4.69, 9.17) is 11.6 Å². The molecule has 2 heterocycles. The van der Waals surface area contributed by atoms with Gasteiger partial charge >= 0.3 is 6.18 Å². The second-order valence-corrected chi connectivity index (χ2v) is 5.54. The molecule has 3 rings (SSSR count). The highest BCUT2D eigenvalue weighted by molar-refractivity contribution is 6.28. The average Bonchev–Trinajstić information content (AvgIpc) is 2.53. The van der Waals surface area contributed by atoms with Crippen molar-refractivity contribution in [2.24, 2.45) is 0 Å². The quantitative estimate of drug-likeness (QED) is 0.598. The Kier molecular flexibility index (Phi) is 4.24. The number of nitrogens with zero attached hydrogens (tertiary/aromatic N) is 3. The fourth-order valence-corrected chi connectivity index (χ4v) is 2.40. The molecule has 24 heavy (non-hydrogen) atoms. The predicted molar refractivity (Wildman–Crippen MR) is 85.4 cm³/mol. The summed E-state index contributed by atoms with van der Waals surface area (Å²) in [5.74, 6) is 0. The number of rotatable bonds is 2. The zero-order valence-corrected chi connectivity index (χ0v) is 13.2. The third-order valence-corrected chi connectivity index (χ3v) is 3.55. The van der Waals surface area contributed by atoms with Gasteiger partial charge in [0.25, 0.3) is 0 Å². The Balaban J connectivity index is 2.03. The van der Waals surface area contributed by atoms with E-state index in [2.05, 4.69) is 15.0 Å². The van der Waals surface area contributed by atoms with Crippen molar-refractivity contribution in [1.29, 1.82) is 0 Å². The summed E-state index contributed by atoms with van der Waals surface area (Å²) in [5, 5.41) is 0.104. The molecule has 0 saturated heterocycles. The zero-order chi connectivity index (χ0) is 17.3. The lowest BCUT2D eigenvalue weighted by atomic mass is 10.1. The van der Waals surface area contributed by atoms with E-state index in [0.717, 1.165) is 17.7 Å². The van der Waals surface area contributed by atoms with E-state index in [0.29, 0.717) is 22.6 Å². The fourth-order valence-electron chi connectivity index (χ4n) is 2.25. The summed E-state index contributed by atoms with van der Waals surface area (Å²) in [7, 11) is 0. The number of hydrogen-bond acceptors (Lipinski definition) is 3. The van der Waals surface area contributed by atoms with Crippen LogP contribution in [0.25, 0.3) is 22.6 Å². The molecule has 0 unspecified atom stereocenters. The molecule has 0 aliphatic carbocycles. The maximum Gasteiger partial charge on any atom is 0.416 e. The highest BCUT2D eigenvalue weighted by Gasteiger charge is 2.30. The number of halogens is 4. The van der Waals surface area contributed by atoms with Gasteiger partial charge in [-0.05, 0) is 54.4 Å². The van der Waals surface area contributed by atoms with Gasteiger partial charge in [0.1, 0.15) is 0 Å². The van der Waals surface area contributed by atoms with Crippen LogP contribution in [0.3, 0.4) is 0 Å². The van der Waals surface area contributed by atoms with Crippen molar-refractivity contribution >= 4 is 11.6 Å². The third-order valence-electron chi connectivity index (χ3n) is 3.37. The smallest absolute Gasteiger partial charge is 0.246 e. The van der Waals surface area contributed by atoms with Crippen molar-refractivity contribution < 1.29 is 13.2 Å². The molecule has 3 aromatic rings. The molecule has 0 saturated carbocycles. The van der Waals surface area contributed by atoms with Crippen molar-refractivity contribution in [3.05, 3.63) is 65.1 Å². The number of alkyl halides is 3. The van der Waals surface area contributed by atoms with Crippen LogP contribution in [0.1, 0.15) is 11.1 Å². The lowest BCUT2D eigenvalue weighted by Gasteiger charge is -2.09. The predicted octanol–water partition coefficient (Wildman–Crippen LogP) is 5.19. The van der Waals surface area contributed by atoms with Crippen LogP contribution in [-0.2, 0) is 6.18 Å². The summed E-state index contributed by atoms with van der Waals surface area (Å²) in [6, 6.07) is 10.2. The maximum absolute atomic E-state index is 12.7. The number of benzene rings is 1. The molecule has 0 N–H and O–H groups in total. The number of aromatic nitrogens is 3. The van der Waals surface area contributed by atoms with Crippen molar-refractivity contribution in [2.75, 3.05) is 0 Å². The third kappa shape index (κ3) is 3.54. The second kappa shape index (κ2) is 6.20. The SMILES string of the molecule is Cc1cc(-c2ccc(C(F)(F)F)cc2)nc(-c2ccnc(Cl)n2)c1. The Morgan fingerprint density at radius 2 is 1.54 bits per heavy atom. The first-order chi connectivity index (χ1) is 11.3. The molecular formula is C17H11ClF3N3. The zero-order valence-electron chi connectivity index (χ0n) is 12.5. The monoisotopic (exact) mass is 349 g/mol. The summed E-state index contributed by atoms with van der Waals surface area (Å²) in [6.07, 6.45) is -2.84. The molecule has 2 aromatic heterocycles. The van der Waals surface area contributed by atoms with Crippen LogP contribution in [0, 0.1) is 6.92 Å². The Morgan fingerprint density at radius 3 is 2.17 bits per heavy atom. The highest BCUT2D eigenvalue weighted by atomic mass is 35.5. The van der Waals surface area contributed by atoms with Crippen molar-refractivity contribution in [1.82, 2.24) is 15.0 Å². The molecule has 1 aromatic carbocycles. The van der Waals surface area contributed by atoms with Crippen LogP contribution in [0.4, 0.5) is 13.2 Å². The molecule has 0 amide bonds. The molecule has 0 atom stereocenters. The molecule has 122 valence electrons. The summed E-state index contributed by atoms with van der Waals surface area (Å²) < 4.78 is 38.0. The topological polar surface area (TPSA) is 38.7 Å². The summed E-state index contributed by atoms with van der Waals surface area (Å²) in [4.78, 5) is 12.4. The van der Waals surface area contributed by atoms with Gasteiger partial charge in [-0.15, -0.1) is 0 Å². The van der Waals surface area contributed by atoms with Gasteiger partial charge in [-0.2, -0.15) is 13.2 Å². The Bertz CT molecular complexity index is 877. The Labute approximate surface area is 141 Å². The van der Waals surface area contributed by atoms with Crippen LogP contribution in [0.15, 0.2) is 48.7 Å². The van der Waals surface area contributed by atoms with Crippen molar-refractivity contribution in [2.45, 2.75) is 13.1 Å². The first-order valence-corrected chi connectivity index (χ1v) is 7.36. The molecule has 3 nitrogen and oxygen atoms in total. The Hall–Kier alpha value is -2.47.